The second kappa shape index (κ2) is 10.6. The van der Waals surface area contributed by atoms with Crippen molar-refractivity contribution in [2.45, 2.75) is 51.9 Å². The maximum absolute atomic E-state index is 11.7. The van der Waals surface area contributed by atoms with E-state index in [-0.39, 0.29) is 11.4 Å². The Kier molecular flexibility index (Phi) is 8.64. The first kappa shape index (κ1) is 17.9. The number of carbonyl (C=O) groups excluding carboxylic acids is 1. The largest absolute Gasteiger partial charge is 0.338 e. The number of rotatable bonds is 10. The van der Waals surface area contributed by atoms with E-state index < -0.39 is 11.0 Å². The van der Waals surface area contributed by atoms with Crippen molar-refractivity contribution in [3.05, 3.63) is 34.4 Å². The molecule has 22 heavy (non-hydrogen) atoms. The molecule has 0 saturated carbocycles. The van der Waals surface area contributed by atoms with Gasteiger partial charge in [0.1, 0.15) is 5.69 Å². The van der Waals surface area contributed by atoms with Crippen molar-refractivity contribution in [1.82, 2.24) is 5.32 Å². The highest BCUT2D eigenvalue weighted by molar-refractivity contribution is 5.91. The lowest BCUT2D eigenvalue weighted by atomic mass is 10.1. The number of nitrogens with zero attached hydrogens (tertiary/aromatic N) is 1. The summed E-state index contributed by atoms with van der Waals surface area (Å²) in [4.78, 5) is 22.1. The summed E-state index contributed by atoms with van der Waals surface area (Å²) in [5.41, 5.74) is 0.109. The van der Waals surface area contributed by atoms with Crippen molar-refractivity contribution in [1.29, 1.82) is 0 Å². The molecule has 6 heteroatoms. The van der Waals surface area contributed by atoms with Crippen molar-refractivity contribution in [2.75, 3.05) is 11.9 Å². The first-order valence-electron chi connectivity index (χ1n) is 7.93. The van der Waals surface area contributed by atoms with Crippen LogP contribution in [0.3, 0.4) is 0 Å². The Labute approximate surface area is 131 Å². The Bertz CT molecular complexity index is 477. The molecule has 0 aromatic heterocycles. The minimum atomic E-state index is -0.508. The molecule has 1 aromatic rings. The van der Waals surface area contributed by atoms with Gasteiger partial charge >= 0.3 is 6.03 Å². The minimum Gasteiger partial charge on any atom is -0.338 e. The molecule has 0 heterocycles. The van der Waals surface area contributed by atoms with E-state index in [4.69, 9.17) is 0 Å². The maximum atomic E-state index is 11.7. The molecule has 0 aliphatic heterocycles. The number of unbranched alkanes of at least 4 members (excludes halogenated alkanes) is 6. The van der Waals surface area contributed by atoms with Crippen molar-refractivity contribution in [2.24, 2.45) is 0 Å². The number of anilines is 1. The van der Waals surface area contributed by atoms with Gasteiger partial charge < -0.3 is 10.6 Å². The molecule has 2 amide bonds. The smallest absolute Gasteiger partial charge is 0.319 e. The number of para-hydroxylation sites is 2. The monoisotopic (exact) mass is 307 g/mol. The number of hydrogen-bond donors (Lipinski definition) is 2. The molecule has 0 bridgehead atoms. The van der Waals surface area contributed by atoms with Gasteiger partial charge in [0.05, 0.1) is 4.92 Å². The summed E-state index contributed by atoms with van der Waals surface area (Å²) in [7, 11) is 0. The lowest BCUT2D eigenvalue weighted by Crippen LogP contribution is -2.29. The summed E-state index contributed by atoms with van der Waals surface area (Å²) >= 11 is 0. The summed E-state index contributed by atoms with van der Waals surface area (Å²) < 4.78 is 0. The summed E-state index contributed by atoms with van der Waals surface area (Å²) in [5, 5.41) is 16.1. The van der Waals surface area contributed by atoms with Gasteiger partial charge in [-0.2, -0.15) is 0 Å². The van der Waals surface area contributed by atoms with Gasteiger partial charge in [0.25, 0.3) is 5.69 Å². The number of amides is 2. The summed E-state index contributed by atoms with van der Waals surface area (Å²) in [6, 6.07) is 5.70. The van der Waals surface area contributed by atoms with Crippen LogP contribution in [0, 0.1) is 10.1 Å². The fraction of sp³-hybridized carbons (Fsp3) is 0.562. The molecular weight excluding hydrogens is 282 g/mol. The normalized spacial score (nSPS) is 10.2. The predicted octanol–water partition coefficient (Wildman–Crippen LogP) is 4.47. The highest BCUT2D eigenvalue weighted by Gasteiger charge is 2.14. The van der Waals surface area contributed by atoms with Crippen molar-refractivity contribution in [3.8, 4) is 0 Å². The Morgan fingerprint density at radius 3 is 2.41 bits per heavy atom. The molecule has 2 N–H and O–H groups in total. The SMILES string of the molecule is CCCCCCCCCNC(=O)Nc1ccccc1[N+](=O)[O-]. The molecule has 0 fully saturated rings. The molecule has 0 unspecified atom stereocenters. The summed E-state index contributed by atoms with van der Waals surface area (Å²) in [6.07, 6.45) is 8.27. The fourth-order valence-corrected chi connectivity index (χ4v) is 2.19. The van der Waals surface area contributed by atoms with E-state index in [2.05, 4.69) is 17.6 Å². The summed E-state index contributed by atoms with van der Waals surface area (Å²) in [6.45, 7) is 2.78. The van der Waals surface area contributed by atoms with Gasteiger partial charge in [0.15, 0.2) is 0 Å². The van der Waals surface area contributed by atoms with Gasteiger partial charge in [-0.25, -0.2) is 4.79 Å². The number of urea groups is 1. The number of benzene rings is 1. The van der Waals surface area contributed by atoms with Crippen LogP contribution in [0.4, 0.5) is 16.2 Å². The van der Waals surface area contributed by atoms with Gasteiger partial charge in [-0.3, -0.25) is 10.1 Å². The highest BCUT2D eigenvalue weighted by Crippen LogP contribution is 2.22. The fourth-order valence-electron chi connectivity index (χ4n) is 2.19. The van der Waals surface area contributed by atoms with Crippen molar-refractivity contribution in [3.63, 3.8) is 0 Å². The lowest BCUT2D eigenvalue weighted by molar-refractivity contribution is -0.383. The quantitative estimate of drug-likeness (QED) is 0.380. The maximum Gasteiger partial charge on any atom is 0.319 e. The van der Waals surface area contributed by atoms with E-state index >= 15 is 0 Å². The van der Waals surface area contributed by atoms with Crippen LogP contribution in [0.25, 0.3) is 0 Å². The van der Waals surface area contributed by atoms with Crippen LogP contribution >= 0.6 is 0 Å². The van der Waals surface area contributed by atoms with E-state index in [1.807, 2.05) is 0 Å². The van der Waals surface area contributed by atoms with Crippen LogP contribution in [0.2, 0.25) is 0 Å². The third-order valence-electron chi connectivity index (χ3n) is 3.41. The van der Waals surface area contributed by atoms with Crippen molar-refractivity contribution < 1.29 is 9.72 Å². The predicted molar refractivity (Wildman–Crippen MR) is 88.1 cm³/mol. The molecule has 6 nitrogen and oxygen atoms in total. The average Bonchev–Trinajstić information content (AvgIpc) is 2.50. The number of carbonyl (C=O) groups is 1. The molecule has 1 aromatic carbocycles. The van der Waals surface area contributed by atoms with Gasteiger partial charge in [-0.1, -0.05) is 57.6 Å². The standard InChI is InChI=1S/C16H25N3O3/c1-2-3-4-5-6-7-10-13-17-16(20)18-14-11-8-9-12-15(14)19(21)22/h8-9,11-12H,2-7,10,13H2,1H3,(H2,17,18,20). The molecule has 0 aliphatic carbocycles. The zero-order valence-corrected chi connectivity index (χ0v) is 13.1. The Morgan fingerprint density at radius 2 is 1.73 bits per heavy atom. The van der Waals surface area contributed by atoms with E-state index in [1.54, 1.807) is 12.1 Å². The lowest BCUT2D eigenvalue weighted by Gasteiger charge is -2.08. The minimum absolute atomic E-state index is 0.103. The number of nitrogens with one attached hydrogen (secondary N) is 2. The van der Waals surface area contributed by atoms with Crippen LogP contribution in [-0.2, 0) is 0 Å². The number of nitro benzene ring substituents is 1. The van der Waals surface area contributed by atoms with E-state index in [9.17, 15) is 14.9 Å². The molecule has 0 saturated heterocycles. The molecule has 1 rings (SSSR count). The molecule has 0 atom stereocenters. The molecule has 0 aliphatic rings. The highest BCUT2D eigenvalue weighted by atomic mass is 16.6. The Morgan fingerprint density at radius 1 is 1.09 bits per heavy atom. The van der Waals surface area contributed by atoms with Crippen molar-refractivity contribution >= 4 is 17.4 Å². The van der Waals surface area contributed by atoms with E-state index in [1.165, 1.54) is 44.2 Å². The zero-order valence-electron chi connectivity index (χ0n) is 13.1. The number of nitro groups is 1. The molecular formula is C16H25N3O3. The van der Waals surface area contributed by atoms with Crippen LogP contribution in [0.5, 0.6) is 0 Å². The second-order valence-corrected chi connectivity index (χ2v) is 5.28. The topological polar surface area (TPSA) is 84.3 Å². The summed E-state index contributed by atoms with van der Waals surface area (Å²) in [5.74, 6) is 0. The zero-order chi connectivity index (χ0) is 16.2. The first-order valence-corrected chi connectivity index (χ1v) is 7.93. The Balaban J connectivity index is 2.20. The molecule has 122 valence electrons. The number of hydrogen-bond acceptors (Lipinski definition) is 3. The Hall–Kier alpha value is -2.11. The van der Waals surface area contributed by atoms with Gasteiger partial charge in [0.2, 0.25) is 0 Å². The average molecular weight is 307 g/mol. The van der Waals surface area contributed by atoms with Gasteiger partial charge in [-0.15, -0.1) is 0 Å². The third-order valence-corrected chi connectivity index (χ3v) is 3.41. The van der Waals surface area contributed by atoms with Crippen LogP contribution in [0.15, 0.2) is 24.3 Å². The third kappa shape index (κ3) is 7.06. The first-order chi connectivity index (χ1) is 10.6. The van der Waals surface area contributed by atoms with Gasteiger partial charge in [-0.05, 0) is 12.5 Å². The van der Waals surface area contributed by atoms with Crippen LogP contribution in [0.1, 0.15) is 51.9 Å². The van der Waals surface area contributed by atoms with Crippen LogP contribution in [-0.4, -0.2) is 17.5 Å². The van der Waals surface area contributed by atoms with Gasteiger partial charge in [0, 0.05) is 12.6 Å². The molecule has 0 spiro atoms. The van der Waals surface area contributed by atoms with E-state index in [0.29, 0.717) is 6.54 Å². The molecule has 0 radical (unpaired) electrons. The van der Waals surface area contributed by atoms with E-state index in [0.717, 1.165) is 12.8 Å². The van der Waals surface area contributed by atoms with Crippen LogP contribution < -0.4 is 10.6 Å². The second-order valence-electron chi connectivity index (χ2n) is 5.28.